The Kier molecular flexibility index (Phi) is 7.11. The first-order valence-electron chi connectivity index (χ1n) is 8.00. The summed E-state index contributed by atoms with van der Waals surface area (Å²) < 4.78 is 0. The molecule has 1 aliphatic heterocycles. The van der Waals surface area contributed by atoms with E-state index in [1.807, 2.05) is 4.90 Å². The van der Waals surface area contributed by atoms with E-state index in [4.69, 9.17) is 5.11 Å². The van der Waals surface area contributed by atoms with Crippen LogP contribution in [0, 0.1) is 0 Å². The van der Waals surface area contributed by atoms with Gasteiger partial charge in [-0.2, -0.15) is 0 Å². The lowest BCUT2D eigenvalue weighted by Gasteiger charge is -2.26. The summed E-state index contributed by atoms with van der Waals surface area (Å²) in [6.45, 7) is 2.01. The average molecular weight is 350 g/mol. The molecule has 0 unspecified atom stereocenters. The van der Waals surface area contributed by atoms with Gasteiger partial charge in [0.05, 0.1) is 17.1 Å². The van der Waals surface area contributed by atoms with Crippen molar-refractivity contribution in [3.63, 3.8) is 0 Å². The van der Waals surface area contributed by atoms with Crippen molar-refractivity contribution in [2.75, 3.05) is 24.6 Å². The smallest absolute Gasteiger partial charge is 0.335 e. The minimum atomic E-state index is -0.972. The molecule has 0 saturated carbocycles. The van der Waals surface area contributed by atoms with E-state index in [-0.39, 0.29) is 23.1 Å². The molecule has 6 nitrogen and oxygen atoms in total. The molecule has 1 aromatic carbocycles. The number of hydrogen-bond acceptors (Lipinski definition) is 4. The van der Waals surface area contributed by atoms with Crippen molar-refractivity contribution in [3.05, 3.63) is 35.4 Å². The molecule has 2 N–H and O–H groups in total. The Morgan fingerprint density at radius 2 is 1.71 bits per heavy atom. The minimum Gasteiger partial charge on any atom is -0.478 e. The highest BCUT2D eigenvalue weighted by molar-refractivity contribution is 8.00. The number of benzene rings is 1. The summed E-state index contributed by atoms with van der Waals surface area (Å²) in [5.74, 6) is -0.418. The molecule has 0 bridgehead atoms. The van der Waals surface area contributed by atoms with Crippen molar-refractivity contribution in [1.29, 1.82) is 0 Å². The predicted molar refractivity (Wildman–Crippen MR) is 93.0 cm³/mol. The molecule has 1 fully saturated rings. The standard InChI is InChI=1S/C17H22N2O4S/c20-15(11-24-12-16(21)19-8-2-1-3-9-19)18-10-13-4-6-14(7-5-13)17(22)23/h4-7H,1-3,8-12H2,(H,18,20)(H,22,23). The molecule has 1 saturated heterocycles. The van der Waals surface area contributed by atoms with Gasteiger partial charge in [-0.3, -0.25) is 9.59 Å². The third-order valence-corrected chi connectivity index (χ3v) is 4.78. The van der Waals surface area contributed by atoms with Crippen molar-refractivity contribution >= 4 is 29.5 Å². The fraction of sp³-hybridized carbons (Fsp3) is 0.471. The third-order valence-electron chi connectivity index (χ3n) is 3.86. The number of carboxylic acids is 1. The van der Waals surface area contributed by atoms with Crippen LogP contribution in [0.4, 0.5) is 0 Å². The summed E-state index contributed by atoms with van der Waals surface area (Å²) in [4.78, 5) is 36.4. The number of nitrogens with zero attached hydrogens (tertiary/aromatic N) is 1. The number of aromatic carboxylic acids is 1. The number of rotatable bonds is 7. The number of likely N-dealkylation sites (tertiary alicyclic amines) is 1. The largest absolute Gasteiger partial charge is 0.478 e. The summed E-state index contributed by atoms with van der Waals surface area (Å²) in [6.07, 6.45) is 3.32. The number of carbonyl (C=O) groups excluding carboxylic acids is 2. The number of carboxylic acid groups (broad SMARTS) is 1. The Balaban J connectivity index is 1.64. The highest BCUT2D eigenvalue weighted by Gasteiger charge is 2.16. The molecule has 1 aromatic rings. The summed E-state index contributed by atoms with van der Waals surface area (Å²) in [6, 6.07) is 6.37. The van der Waals surface area contributed by atoms with Crippen molar-refractivity contribution in [2.45, 2.75) is 25.8 Å². The van der Waals surface area contributed by atoms with Gasteiger partial charge in [0.25, 0.3) is 0 Å². The zero-order valence-electron chi connectivity index (χ0n) is 13.5. The Labute approximate surface area is 145 Å². The monoisotopic (exact) mass is 350 g/mol. The molecule has 1 heterocycles. The van der Waals surface area contributed by atoms with Gasteiger partial charge in [-0.1, -0.05) is 12.1 Å². The molecule has 0 aromatic heterocycles. The zero-order chi connectivity index (χ0) is 17.4. The van der Waals surface area contributed by atoms with E-state index in [0.29, 0.717) is 12.3 Å². The maximum Gasteiger partial charge on any atom is 0.335 e. The second kappa shape index (κ2) is 9.32. The van der Waals surface area contributed by atoms with E-state index in [9.17, 15) is 14.4 Å². The normalized spacial score (nSPS) is 14.2. The third kappa shape index (κ3) is 5.88. The van der Waals surface area contributed by atoms with Crippen LogP contribution in [0.1, 0.15) is 35.2 Å². The van der Waals surface area contributed by atoms with Crippen molar-refractivity contribution in [1.82, 2.24) is 10.2 Å². The maximum absolute atomic E-state index is 12.0. The van der Waals surface area contributed by atoms with Crippen molar-refractivity contribution < 1.29 is 19.5 Å². The van der Waals surface area contributed by atoms with Gasteiger partial charge in [-0.25, -0.2) is 4.79 Å². The van der Waals surface area contributed by atoms with Gasteiger partial charge < -0.3 is 15.3 Å². The molecule has 1 aliphatic rings. The molecule has 0 spiro atoms. The molecule has 2 rings (SSSR count). The van der Waals surface area contributed by atoms with E-state index in [1.54, 1.807) is 12.1 Å². The van der Waals surface area contributed by atoms with Gasteiger partial charge in [0.15, 0.2) is 0 Å². The molecule has 0 atom stereocenters. The maximum atomic E-state index is 12.0. The second-order valence-corrected chi connectivity index (χ2v) is 6.70. The number of thioether (sulfide) groups is 1. The molecule has 130 valence electrons. The predicted octanol–water partition coefficient (Wildman–Crippen LogP) is 1.75. The van der Waals surface area contributed by atoms with Gasteiger partial charge in [0, 0.05) is 19.6 Å². The lowest BCUT2D eigenvalue weighted by atomic mass is 10.1. The fourth-order valence-electron chi connectivity index (χ4n) is 2.48. The van der Waals surface area contributed by atoms with Crippen LogP contribution in [0.15, 0.2) is 24.3 Å². The van der Waals surface area contributed by atoms with Gasteiger partial charge in [-0.05, 0) is 37.0 Å². The van der Waals surface area contributed by atoms with Crippen molar-refractivity contribution in [3.8, 4) is 0 Å². The zero-order valence-corrected chi connectivity index (χ0v) is 14.3. The lowest BCUT2D eigenvalue weighted by molar-refractivity contribution is -0.129. The number of carbonyl (C=O) groups is 3. The van der Waals surface area contributed by atoms with Crippen LogP contribution in [0.3, 0.4) is 0 Å². The molecular formula is C17H22N2O4S. The summed E-state index contributed by atoms with van der Waals surface area (Å²) in [7, 11) is 0. The fourth-order valence-corrected chi connectivity index (χ4v) is 3.23. The molecule has 2 amide bonds. The van der Waals surface area contributed by atoms with E-state index in [2.05, 4.69) is 5.32 Å². The molecule has 24 heavy (non-hydrogen) atoms. The number of piperidine rings is 1. The summed E-state index contributed by atoms with van der Waals surface area (Å²) >= 11 is 1.32. The van der Waals surface area contributed by atoms with E-state index < -0.39 is 5.97 Å². The molecule has 0 radical (unpaired) electrons. The first-order chi connectivity index (χ1) is 11.6. The van der Waals surface area contributed by atoms with Crippen LogP contribution in [-0.2, 0) is 16.1 Å². The molecule has 7 heteroatoms. The van der Waals surface area contributed by atoms with Crippen LogP contribution in [-0.4, -0.2) is 52.4 Å². The first kappa shape index (κ1) is 18.3. The molecular weight excluding hydrogens is 328 g/mol. The highest BCUT2D eigenvalue weighted by atomic mass is 32.2. The van der Waals surface area contributed by atoms with Crippen LogP contribution >= 0.6 is 11.8 Å². The van der Waals surface area contributed by atoms with E-state index in [1.165, 1.54) is 30.3 Å². The molecule has 0 aliphatic carbocycles. The quantitative estimate of drug-likeness (QED) is 0.782. The number of hydrogen-bond donors (Lipinski definition) is 2. The van der Waals surface area contributed by atoms with Gasteiger partial charge in [-0.15, -0.1) is 11.8 Å². The number of nitrogens with one attached hydrogen (secondary N) is 1. The topological polar surface area (TPSA) is 86.7 Å². The van der Waals surface area contributed by atoms with E-state index >= 15 is 0 Å². The Morgan fingerprint density at radius 1 is 1.04 bits per heavy atom. The van der Waals surface area contributed by atoms with Gasteiger partial charge >= 0.3 is 5.97 Å². The second-order valence-electron chi connectivity index (χ2n) is 5.71. The van der Waals surface area contributed by atoms with Crippen molar-refractivity contribution in [2.24, 2.45) is 0 Å². The Morgan fingerprint density at radius 3 is 2.33 bits per heavy atom. The van der Waals surface area contributed by atoms with E-state index in [0.717, 1.165) is 31.5 Å². The average Bonchev–Trinajstić information content (AvgIpc) is 2.61. The lowest BCUT2D eigenvalue weighted by Crippen LogP contribution is -2.37. The van der Waals surface area contributed by atoms with Crippen LogP contribution < -0.4 is 5.32 Å². The highest BCUT2D eigenvalue weighted by Crippen LogP contribution is 2.11. The first-order valence-corrected chi connectivity index (χ1v) is 9.16. The SMILES string of the molecule is O=C(CSCC(=O)N1CCCCC1)NCc1ccc(C(=O)O)cc1. The number of amides is 2. The van der Waals surface area contributed by atoms with Crippen LogP contribution in [0.25, 0.3) is 0 Å². The summed E-state index contributed by atoms with van der Waals surface area (Å²) in [5.41, 5.74) is 1.06. The Hall–Kier alpha value is -2.02. The van der Waals surface area contributed by atoms with Gasteiger partial charge in [0.1, 0.15) is 0 Å². The van der Waals surface area contributed by atoms with Gasteiger partial charge in [0.2, 0.25) is 11.8 Å². The minimum absolute atomic E-state index is 0.108. The summed E-state index contributed by atoms with van der Waals surface area (Å²) in [5, 5.41) is 11.6. The van der Waals surface area contributed by atoms with Crippen LogP contribution in [0.2, 0.25) is 0 Å². The Bertz CT molecular complexity index is 583. The van der Waals surface area contributed by atoms with Crippen LogP contribution in [0.5, 0.6) is 0 Å².